The van der Waals surface area contributed by atoms with Gasteiger partial charge in [0, 0.05) is 0 Å². The first-order valence-electron chi connectivity index (χ1n) is 7.74. The van der Waals surface area contributed by atoms with Gasteiger partial charge in [0.2, 0.25) is 0 Å². The van der Waals surface area contributed by atoms with Gasteiger partial charge in [-0.3, -0.25) is 0 Å². The van der Waals surface area contributed by atoms with Crippen LogP contribution in [0.1, 0.15) is 46.2 Å². The third kappa shape index (κ3) is 5.25. The SMILES string of the molecule is Cc1cccc([Si]C[c-]2cc(C)c3c2CCCC3)c1C.[CH3-].[CH3-].[CH3-].[Ti+4]. The van der Waals surface area contributed by atoms with Crippen molar-refractivity contribution in [3.8, 4) is 0 Å². The minimum atomic E-state index is 0. The van der Waals surface area contributed by atoms with E-state index < -0.39 is 0 Å². The van der Waals surface area contributed by atoms with Crippen molar-refractivity contribution in [2.24, 2.45) is 0 Å². The van der Waals surface area contributed by atoms with E-state index in [1.807, 2.05) is 0 Å². The van der Waals surface area contributed by atoms with Gasteiger partial charge in [0.25, 0.3) is 0 Å². The van der Waals surface area contributed by atoms with Gasteiger partial charge in [0.15, 0.2) is 0 Å². The van der Waals surface area contributed by atoms with Crippen LogP contribution in [-0.2, 0) is 40.6 Å². The number of aryl methyl sites for hydroxylation is 2. The molecule has 2 heteroatoms. The Balaban J connectivity index is 0. The Labute approximate surface area is 168 Å². The Hall–Kier alpha value is -0.499. The molecule has 0 atom stereocenters. The van der Waals surface area contributed by atoms with Crippen LogP contribution in [0.15, 0.2) is 24.3 Å². The second-order valence-electron chi connectivity index (χ2n) is 6.12. The first-order valence-corrected chi connectivity index (χ1v) is 8.94. The van der Waals surface area contributed by atoms with E-state index in [-0.39, 0.29) is 44.0 Å². The van der Waals surface area contributed by atoms with Crippen LogP contribution in [0, 0.1) is 43.1 Å². The molecular formula is C22H32SiTi. The van der Waals surface area contributed by atoms with E-state index in [0.29, 0.717) is 0 Å². The Kier molecular flexibility index (Phi) is 12.0. The maximum atomic E-state index is 2.47. The molecular weight excluding hydrogens is 340 g/mol. The number of hydrogen-bond acceptors (Lipinski definition) is 0. The average molecular weight is 372 g/mol. The van der Waals surface area contributed by atoms with Gasteiger partial charge >= 0.3 is 21.7 Å². The second kappa shape index (κ2) is 11.2. The van der Waals surface area contributed by atoms with Crippen molar-refractivity contribution in [2.45, 2.75) is 52.5 Å². The Morgan fingerprint density at radius 3 is 2.33 bits per heavy atom. The maximum absolute atomic E-state index is 2.47. The summed E-state index contributed by atoms with van der Waals surface area (Å²) < 4.78 is 0. The van der Waals surface area contributed by atoms with Crippen LogP contribution >= 0.6 is 0 Å². The maximum Gasteiger partial charge on any atom is 4.00 e. The van der Waals surface area contributed by atoms with Crippen LogP contribution in [0.3, 0.4) is 0 Å². The average Bonchev–Trinajstić information content (AvgIpc) is 2.78. The second-order valence-corrected chi connectivity index (χ2v) is 7.36. The molecule has 24 heavy (non-hydrogen) atoms. The standard InChI is InChI=1S/C19H23Si.3CH3.Ti/c1-13-7-6-10-19(15(13)3)20-12-16-11-14(2)17-8-4-5-9-18(16)17;;;;/h6-7,10-11H,4-5,8-9,12H2,1-3H3;3*1H3;/q4*-1;+4. The first-order chi connectivity index (χ1) is 9.66. The van der Waals surface area contributed by atoms with E-state index in [4.69, 9.17) is 0 Å². The smallest absolute Gasteiger partial charge is 0.358 e. The van der Waals surface area contributed by atoms with Crippen LogP contribution in [-0.4, -0.2) is 9.52 Å². The summed E-state index contributed by atoms with van der Waals surface area (Å²) in [6, 6.07) is 10.4. The van der Waals surface area contributed by atoms with Gasteiger partial charge < -0.3 is 22.3 Å². The van der Waals surface area contributed by atoms with Crippen molar-refractivity contribution in [3.63, 3.8) is 0 Å². The predicted octanol–water partition coefficient (Wildman–Crippen LogP) is 5.09. The van der Waals surface area contributed by atoms with Crippen LogP contribution < -0.4 is 5.19 Å². The molecule has 128 valence electrons. The van der Waals surface area contributed by atoms with Crippen LogP contribution in [0.5, 0.6) is 0 Å². The summed E-state index contributed by atoms with van der Waals surface area (Å²) in [5.41, 5.74) is 9.47. The number of rotatable bonds is 3. The van der Waals surface area contributed by atoms with Gasteiger partial charge in [0.05, 0.1) is 9.52 Å². The summed E-state index contributed by atoms with van der Waals surface area (Å²) in [5.74, 6) is 0. The molecule has 2 radical (unpaired) electrons. The normalized spacial score (nSPS) is 12.0. The molecule has 0 bridgehead atoms. The van der Waals surface area contributed by atoms with E-state index in [9.17, 15) is 0 Å². The summed E-state index contributed by atoms with van der Waals surface area (Å²) in [7, 11) is 0.912. The minimum Gasteiger partial charge on any atom is -0.358 e. The van der Waals surface area contributed by atoms with E-state index >= 15 is 0 Å². The van der Waals surface area contributed by atoms with E-state index in [0.717, 1.165) is 9.52 Å². The van der Waals surface area contributed by atoms with Crippen molar-refractivity contribution in [1.29, 1.82) is 0 Å². The fourth-order valence-corrected chi connectivity index (χ4v) is 4.79. The number of benzene rings is 1. The zero-order chi connectivity index (χ0) is 14.1. The van der Waals surface area contributed by atoms with Gasteiger partial charge in [-0.15, -0.1) is 0 Å². The van der Waals surface area contributed by atoms with E-state index in [2.05, 4.69) is 45.0 Å². The fourth-order valence-electron chi connectivity index (χ4n) is 3.42. The predicted molar refractivity (Wildman–Crippen MR) is 108 cm³/mol. The minimum absolute atomic E-state index is 0. The molecule has 0 heterocycles. The molecule has 0 aliphatic heterocycles. The Bertz CT molecular complexity index is 625. The molecule has 1 aliphatic carbocycles. The zero-order valence-corrected chi connectivity index (χ0v) is 18.9. The molecule has 0 unspecified atom stereocenters. The monoisotopic (exact) mass is 372 g/mol. The molecule has 2 aromatic carbocycles. The summed E-state index contributed by atoms with van der Waals surface area (Å²) in [5, 5.41) is 1.55. The molecule has 0 spiro atoms. The van der Waals surface area contributed by atoms with Crippen molar-refractivity contribution in [1.82, 2.24) is 0 Å². The largest absolute Gasteiger partial charge is 4.00 e. The Morgan fingerprint density at radius 2 is 1.62 bits per heavy atom. The number of hydrogen-bond donors (Lipinski definition) is 0. The quantitative estimate of drug-likeness (QED) is 0.520. The fraction of sp³-hybridized carbons (Fsp3) is 0.364. The summed E-state index contributed by atoms with van der Waals surface area (Å²) in [6.45, 7) is 6.79. The molecule has 0 aromatic heterocycles. The van der Waals surface area contributed by atoms with Gasteiger partial charge in [-0.1, -0.05) is 62.0 Å². The van der Waals surface area contributed by atoms with Gasteiger partial charge in [-0.25, -0.2) is 0 Å². The van der Waals surface area contributed by atoms with Crippen molar-refractivity contribution in [3.05, 3.63) is 79.9 Å². The summed E-state index contributed by atoms with van der Waals surface area (Å²) in [6.07, 6.45) is 5.40. The third-order valence-corrected chi connectivity index (χ3v) is 6.28. The molecule has 0 amide bonds. The van der Waals surface area contributed by atoms with E-state index in [1.165, 1.54) is 42.9 Å². The molecule has 0 saturated carbocycles. The van der Waals surface area contributed by atoms with Crippen LogP contribution in [0.4, 0.5) is 0 Å². The van der Waals surface area contributed by atoms with Crippen LogP contribution in [0.2, 0.25) is 0 Å². The first kappa shape index (κ1) is 25.7. The zero-order valence-electron chi connectivity index (χ0n) is 16.3. The van der Waals surface area contributed by atoms with Crippen LogP contribution in [0.25, 0.3) is 0 Å². The molecule has 0 nitrogen and oxygen atoms in total. The molecule has 0 fully saturated rings. The Morgan fingerprint density at radius 1 is 0.958 bits per heavy atom. The molecule has 1 aliphatic rings. The topological polar surface area (TPSA) is 0 Å². The molecule has 3 rings (SSSR count). The summed E-state index contributed by atoms with van der Waals surface area (Å²) >= 11 is 0. The molecule has 0 N–H and O–H groups in total. The number of fused-ring (bicyclic) bond motifs is 1. The van der Waals surface area contributed by atoms with E-state index in [1.54, 1.807) is 27.4 Å². The van der Waals surface area contributed by atoms with Crippen molar-refractivity contribution in [2.75, 3.05) is 0 Å². The van der Waals surface area contributed by atoms with Gasteiger partial charge in [-0.2, -0.15) is 28.3 Å². The van der Waals surface area contributed by atoms with Gasteiger partial charge in [-0.05, 0) is 25.0 Å². The van der Waals surface area contributed by atoms with Crippen molar-refractivity contribution >= 4 is 14.7 Å². The molecule has 0 saturated heterocycles. The molecule has 2 aromatic rings. The van der Waals surface area contributed by atoms with Gasteiger partial charge in [0.1, 0.15) is 0 Å². The van der Waals surface area contributed by atoms with Crippen molar-refractivity contribution < 1.29 is 21.7 Å². The third-order valence-electron chi connectivity index (χ3n) is 4.80. The summed E-state index contributed by atoms with van der Waals surface area (Å²) in [4.78, 5) is 0.